The average molecular weight is 287 g/mol. The second-order valence-electron chi connectivity index (χ2n) is 2.57. The van der Waals surface area contributed by atoms with Crippen LogP contribution in [0, 0.1) is 0 Å². The summed E-state index contributed by atoms with van der Waals surface area (Å²) in [6.45, 7) is 0. The molecule has 14 heavy (non-hydrogen) atoms. The summed E-state index contributed by atoms with van der Waals surface area (Å²) < 4.78 is 0. The number of carboxylic acids is 2. The maximum atomic E-state index is 10.6. The molecule has 0 rings (SSSR count). The number of aliphatic carboxylic acids is 2. The van der Waals surface area contributed by atoms with Crippen molar-refractivity contribution in [1.29, 1.82) is 0 Å². The van der Waals surface area contributed by atoms with Gasteiger partial charge in [-0.2, -0.15) is 0 Å². The molecule has 7 heteroatoms. The fourth-order valence-electron chi connectivity index (χ4n) is 0.648. The molecule has 0 amide bonds. The number of aliphatic hydroxyl groups excluding tert-OH is 1. The van der Waals surface area contributed by atoms with Gasteiger partial charge in [0.05, 0.1) is 12.5 Å². The number of aliphatic hydroxyl groups is 1. The highest BCUT2D eigenvalue weighted by Crippen LogP contribution is 2.16. The molecule has 0 aliphatic heterocycles. The molecule has 5 nitrogen and oxygen atoms in total. The van der Waals surface area contributed by atoms with Crippen LogP contribution in [0.2, 0.25) is 0 Å². The first-order chi connectivity index (χ1) is 6.47. The van der Waals surface area contributed by atoms with Crippen molar-refractivity contribution in [1.82, 2.24) is 0 Å². The van der Waals surface area contributed by atoms with Crippen LogP contribution in [0.4, 0.5) is 0 Å². The highest BCUT2D eigenvalue weighted by Gasteiger charge is 2.22. The number of alkyl halides is 1. The van der Waals surface area contributed by atoms with Gasteiger partial charge in [-0.05, 0) is 0 Å². The summed E-state index contributed by atoms with van der Waals surface area (Å²) in [6, 6.07) is 0. The molecule has 0 heterocycles. The van der Waals surface area contributed by atoms with Crippen LogP contribution in [0.3, 0.4) is 0 Å². The third-order valence-corrected chi connectivity index (χ3v) is 3.40. The van der Waals surface area contributed by atoms with Gasteiger partial charge in [-0.15, -0.1) is 11.8 Å². The molecule has 2 unspecified atom stereocenters. The summed E-state index contributed by atoms with van der Waals surface area (Å²) in [5.74, 6) is -2.12. The van der Waals surface area contributed by atoms with Crippen LogP contribution in [0.15, 0.2) is 0 Å². The van der Waals surface area contributed by atoms with E-state index in [1.807, 2.05) is 0 Å². The van der Waals surface area contributed by atoms with Crippen LogP contribution < -0.4 is 0 Å². The van der Waals surface area contributed by atoms with Crippen molar-refractivity contribution in [2.75, 3.05) is 11.1 Å². The predicted octanol–water partition coefficient (Wildman–Crippen LogP) is 0.403. The molecule has 0 radical (unpaired) electrons. The van der Waals surface area contributed by atoms with E-state index >= 15 is 0 Å². The lowest BCUT2D eigenvalue weighted by Crippen LogP contribution is -2.23. The first-order valence-electron chi connectivity index (χ1n) is 3.77. The number of hydrogen-bond donors (Lipinski definition) is 3. The molecular formula is C7H11BrO5S. The minimum atomic E-state index is -1.17. The van der Waals surface area contributed by atoms with E-state index in [1.54, 1.807) is 0 Å². The van der Waals surface area contributed by atoms with Crippen LogP contribution >= 0.6 is 27.7 Å². The smallest absolute Gasteiger partial charge is 0.317 e. The van der Waals surface area contributed by atoms with Crippen molar-refractivity contribution >= 4 is 39.6 Å². The number of hydrogen-bond acceptors (Lipinski definition) is 4. The number of thioether (sulfide) groups is 1. The number of halogens is 1. The summed E-state index contributed by atoms with van der Waals surface area (Å²) in [5, 5.41) is 25.5. The zero-order valence-corrected chi connectivity index (χ0v) is 9.62. The molecule has 0 spiro atoms. The molecule has 2 atom stereocenters. The summed E-state index contributed by atoms with van der Waals surface area (Å²) in [6.07, 6.45) is -1.09. The van der Waals surface area contributed by atoms with Gasteiger partial charge in [-0.3, -0.25) is 9.59 Å². The number of carbonyl (C=O) groups is 2. The lowest BCUT2D eigenvalue weighted by molar-refractivity contribution is -0.142. The second kappa shape index (κ2) is 7.08. The summed E-state index contributed by atoms with van der Waals surface area (Å²) >= 11 is 3.96. The maximum absolute atomic E-state index is 10.6. The fourth-order valence-corrected chi connectivity index (χ4v) is 2.16. The van der Waals surface area contributed by atoms with E-state index in [4.69, 9.17) is 15.3 Å². The lowest BCUT2D eigenvalue weighted by atomic mass is 10.3. The van der Waals surface area contributed by atoms with Crippen molar-refractivity contribution in [3.63, 3.8) is 0 Å². The standard InChI is InChI=1S/C7H11BrO5S/c8-2-4(9)3-14-5(7(12)13)1-6(10)11/h4-5,9H,1-3H2,(H,10,11)(H,12,13). The monoisotopic (exact) mass is 286 g/mol. The van der Waals surface area contributed by atoms with E-state index in [0.29, 0.717) is 5.33 Å². The lowest BCUT2D eigenvalue weighted by Gasteiger charge is -2.11. The number of carboxylic acid groups (broad SMARTS) is 2. The van der Waals surface area contributed by atoms with Gasteiger partial charge < -0.3 is 15.3 Å². The minimum absolute atomic E-state index is 0.204. The summed E-state index contributed by atoms with van der Waals surface area (Å²) in [4.78, 5) is 20.8. The van der Waals surface area contributed by atoms with E-state index in [2.05, 4.69) is 15.9 Å². The molecular weight excluding hydrogens is 276 g/mol. The van der Waals surface area contributed by atoms with Crippen LogP contribution in [-0.2, 0) is 9.59 Å². The Labute approximate surface area is 93.6 Å². The molecule has 0 aliphatic rings. The maximum Gasteiger partial charge on any atom is 0.317 e. The van der Waals surface area contributed by atoms with E-state index < -0.39 is 29.7 Å². The molecule has 3 N–H and O–H groups in total. The van der Waals surface area contributed by atoms with Crippen molar-refractivity contribution in [2.45, 2.75) is 17.8 Å². The van der Waals surface area contributed by atoms with E-state index in [0.717, 1.165) is 11.8 Å². The van der Waals surface area contributed by atoms with Gasteiger partial charge in [-0.1, -0.05) is 15.9 Å². The first-order valence-corrected chi connectivity index (χ1v) is 5.94. The van der Waals surface area contributed by atoms with E-state index in [9.17, 15) is 9.59 Å². The highest BCUT2D eigenvalue weighted by atomic mass is 79.9. The van der Waals surface area contributed by atoms with Crippen molar-refractivity contribution in [2.24, 2.45) is 0 Å². The highest BCUT2D eigenvalue weighted by molar-refractivity contribution is 9.09. The normalized spacial score (nSPS) is 14.7. The Morgan fingerprint density at radius 2 is 1.93 bits per heavy atom. The Kier molecular flexibility index (Phi) is 6.94. The van der Waals surface area contributed by atoms with Gasteiger partial charge in [-0.25, -0.2) is 0 Å². The molecule has 0 aromatic rings. The van der Waals surface area contributed by atoms with E-state index in [-0.39, 0.29) is 5.75 Å². The first kappa shape index (κ1) is 13.7. The Hall–Kier alpha value is -0.270. The zero-order valence-electron chi connectivity index (χ0n) is 7.22. The summed E-state index contributed by atoms with van der Waals surface area (Å²) in [5.41, 5.74) is 0. The Balaban J connectivity index is 3.97. The third kappa shape index (κ3) is 6.22. The quantitative estimate of drug-likeness (QED) is 0.587. The Morgan fingerprint density at radius 1 is 1.36 bits per heavy atom. The average Bonchev–Trinajstić information content (AvgIpc) is 2.10. The van der Waals surface area contributed by atoms with Crippen molar-refractivity contribution in [3.05, 3.63) is 0 Å². The third-order valence-electron chi connectivity index (χ3n) is 1.30. The van der Waals surface area contributed by atoms with Crippen molar-refractivity contribution in [3.8, 4) is 0 Å². The molecule has 0 aliphatic carbocycles. The minimum Gasteiger partial charge on any atom is -0.481 e. The van der Waals surface area contributed by atoms with Crippen LogP contribution in [0.5, 0.6) is 0 Å². The van der Waals surface area contributed by atoms with Crippen molar-refractivity contribution < 1.29 is 24.9 Å². The zero-order chi connectivity index (χ0) is 11.1. The molecule has 0 saturated carbocycles. The molecule has 0 aromatic heterocycles. The van der Waals surface area contributed by atoms with Crippen LogP contribution in [0.25, 0.3) is 0 Å². The van der Waals surface area contributed by atoms with Gasteiger partial charge in [0.2, 0.25) is 0 Å². The van der Waals surface area contributed by atoms with Gasteiger partial charge in [0, 0.05) is 11.1 Å². The van der Waals surface area contributed by atoms with E-state index in [1.165, 1.54) is 0 Å². The predicted molar refractivity (Wildman–Crippen MR) is 55.9 cm³/mol. The molecule has 82 valence electrons. The van der Waals surface area contributed by atoms with Crippen LogP contribution in [-0.4, -0.2) is 49.7 Å². The molecule has 0 aromatic carbocycles. The largest absolute Gasteiger partial charge is 0.481 e. The Bertz CT molecular complexity index is 210. The number of rotatable bonds is 7. The molecule has 0 fully saturated rings. The summed E-state index contributed by atoms with van der Waals surface area (Å²) in [7, 11) is 0. The SMILES string of the molecule is O=C(O)CC(SCC(O)CBr)C(=O)O. The van der Waals surface area contributed by atoms with Crippen LogP contribution in [0.1, 0.15) is 6.42 Å². The Morgan fingerprint density at radius 3 is 2.29 bits per heavy atom. The second-order valence-corrected chi connectivity index (χ2v) is 4.45. The molecule has 0 saturated heterocycles. The van der Waals surface area contributed by atoms with Gasteiger partial charge >= 0.3 is 11.9 Å². The molecule has 0 bridgehead atoms. The van der Waals surface area contributed by atoms with Gasteiger partial charge in [0.1, 0.15) is 5.25 Å². The van der Waals surface area contributed by atoms with Gasteiger partial charge in [0.15, 0.2) is 0 Å². The van der Waals surface area contributed by atoms with Gasteiger partial charge in [0.25, 0.3) is 0 Å². The fraction of sp³-hybridized carbons (Fsp3) is 0.714. The topological polar surface area (TPSA) is 94.8 Å².